The third-order valence-electron chi connectivity index (χ3n) is 7.27. The van der Waals surface area contributed by atoms with Gasteiger partial charge in [0, 0.05) is 60.7 Å². The van der Waals surface area contributed by atoms with Crippen LogP contribution >= 0.6 is 21.6 Å². The molecule has 1 amide bonds. The van der Waals surface area contributed by atoms with E-state index in [9.17, 15) is 30.0 Å². The second-order valence-corrected chi connectivity index (χ2v) is 12.0. The van der Waals surface area contributed by atoms with Crippen LogP contribution in [0.3, 0.4) is 0 Å². The summed E-state index contributed by atoms with van der Waals surface area (Å²) < 4.78 is 11.8. The first-order valence-electron chi connectivity index (χ1n) is 12.3. The zero-order chi connectivity index (χ0) is 28.8. The molecule has 5 rings (SSSR count). The highest BCUT2D eigenvalue weighted by molar-refractivity contribution is 8.76. The van der Waals surface area contributed by atoms with Crippen LogP contribution < -0.4 is 20.8 Å². The number of carbonyl (C=O) groups is 2. The summed E-state index contributed by atoms with van der Waals surface area (Å²) in [6.45, 7) is 2.05. The van der Waals surface area contributed by atoms with Gasteiger partial charge in [0.05, 0.1) is 24.1 Å². The fourth-order valence-corrected chi connectivity index (χ4v) is 7.18. The Hall–Kier alpha value is -3.47. The van der Waals surface area contributed by atoms with E-state index < -0.39 is 35.5 Å². The first-order chi connectivity index (χ1) is 19.1. The average molecular weight is 596 g/mol. The Bertz CT molecular complexity index is 1350. The first-order valence-corrected chi connectivity index (χ1v) is 14.8. The predicted molar refractivity (Wildman–Crippen MR) is 148 cm³/mol. The molecule has 2 fully saturated rings. The Labute approximate surface area is 236 Å². The molecule has 4 heterocycles. The van der Waals surface area contributed by atoms with Crippen LogP contribution in [0.15, 0.2) is 17.1 Å². The van der Waals surface area contributed by atoms with E-state index in [2.05, 4.69) is 10.3 Å². The van der Waals surface area contributed by atoms with Gasteiger partial charge in [-0.25, -0.2) is 9.59 Å². The number of nitrogens with one attached hydrogen (secondary N) is 1. The maximum absolute atomic E-state index is 11.9. The molecule has 3 aliphatic rings. The number of phenolic OH excluding ortho intramolecular Hbond substituents is 2. The smallest absolute Gasteiger partial charge is 0.404 e. The van der Waals surface area contributed by atoms with Crippen LogP contribution in [-0.4, -0.2) is 93.0 Å². The summed E-state index contributed by atoms with van der Waals surface area (Å²) in [5, 5.41) is 45.0. The largest absolute Gasteiger partial charge is 0.505 e. The minimum Gasteiger partial charge on any atom is -0.505 e. The molecule has 0 bridgehead atoms. The van der Waals surface area contributed by atoms with Crippen molar-refractivity contribution in [3.8, 4) is 23.3 Å². The predicted octanol–water partition coefficient (Wildman–Crippen LogP) is 1.44. The Morgan fingerprint density at radius 2 is 1.95 bits per heavy atom. The number of aliphatic imine (C=N–C) groups is 1. The lowest BCUT2D eigenvalue weighted by Crippen LogP contribution is -2.54. The molecule has 0 spiro atoms. The Balaban J connectivity index is 1.25. The quantitative estimate of drug-likeness (QED) is 0.0715. The fraction of sp³-hybridized carbons (Fsp3) is 0.458. The second kappa shape index (κ2) is 10.8. The minimum absolute atomic E-state index is 0.0354. The summed E-state index contributed by atoms with van der Waals surface area (Å²) in [7, 11) is 4.33. The van der Waals surface area contributed by atoms with E-state index in [0.717, 1.165) is 0 Å². The molecule has 0 saturated carbocycles. The number of methoxy groups -OCH3 is 1. The van der Waals surface area contributed by atoms with Crippen molar-refractivity contribution in [3.63, 3.8) is 0 Å². The number of phenols is 2. The fourth-order valence-electron chi connectivity index (χ4n) is 5.50. The van der Waals surface area contributed by atoms with Gasteiger partial charge in [-0.15, -0.1) is 4.73 Å². The number of amides is 1. The highest BCUT2D eigenvalue weighted by Gasteiger charge is 2.71. The van der Waals surface area contributed by atoms with Crippen molar-refractivity contribution in [2.75, 3.05) is 36.7 Å². The van der Waals surface area contributed by atoms with Gasteiger partial charge in [0.15, 0.2) is 5.72 Å². The van der Waals surface area contributed by atoms with Crippen molar-refractivity contribution >= 4 is 51.2 Å². The van der Waals surface area contributed by atoms with Crippen molar-refractivity contribution in [1.82, 2.24) is 10.0 Å². The number of hydrogen-bond donors (Lipinski definition) is 6. The van der Waals surface area contributed by atoms with E-state index in [1.165, 1.54) is 33.7 Å². The van der Waals surface area contributed by atoms with E-state index in [4.69, 9.17) is 20.0 Å². The van der Waals surface area contributed by atoms with Gasteiger partial charge in [0.2, 0.25) is 11.8 Å². The molecule has 40 heavy (non-hydrogen) atoms. The van der Waals surface area contributed by atoms with Crippen LogP contribution in [0.4, 0.5) is 16.2 Å². The molecular weight excluding hydrogens is 566 g/mol. The maximum atomic E-state index is 11.9. The van der Waals surface area contributed by atoms with Crippen LogP contribution in [0.5, 0.6) is 23.3 Å². The van der Waals surface area contributed by atoms with E-state index in [-0.39, 0.29) is 42.3 Å². The molecular formula is C24H29N5O9S2. The number of nitrogens with zero attached hydrogens (tertiary/aromatic N) is 3. The number of primary amides is 1. The van der Waals surface area contributed by atoms with Crippen LogP contribution in [0.1, 0.15) is 23.5 Å². The summed E-state index contributed by atoms with van der Waals surface area (Å²) in [5.41, 5.74) is 5.65. The molecule has 4 atom stereocenters. The molecule has 1 aromatic carbocycles. The third-order valence-corrected chi connectivity index (χ3v) is 9.50. The number of anilines is 1. The molecule has 2 saturated heterocycles. The van der Waals surface area contributed by atoms with Crippen LogP contribution in [-0.2, 0) is 14.3 Å². The SMILES string of the molecule is CO[C@@]12[C@H](COC(N)=O)c3c(O)c(N=CCSSCCC(=O)On4c(O)ccc4O)c(C)c(O)c3N1C[C@@H]1N[C@@H]12. The van der Waals surface area contributed by atoms with Gasteiger partial charge in [-0.2, -0.15) is 0 Å². The number of piperazine rings is 1. The zero-order valence-corrected chi connectivity index (χ0v) is 23.2. The molecule has 0 radical (unpaired) electrons. The Morgan fingerprint density at radius 3 is 2.62 bits per heavy atom. The number of ether oxygens (including phenoxy) is 2. The first kappa shape index (κ1) is 28.1. The summed E-state index contributed by atoms with van der Waals surface area (Å²) in [4.78, 5) is 34.6. The van der Waals surface area contributed by atoms with Gasteiger partial charge < -0.3 is 50.7 Å². The van der Waals surface area contributed by atoms with Gasteiger partial charge in [0.1, 0.15) is 23.8 Å². The standard InChI is InChI=1S/C24H29N5O9S2/c1-11-18(26-6-8-40-39-7-5-16(32)38-29-14(30)3-4-15(29)31)21(34)17-12(10-37-23(25)35)24(36-2)22-13(27-22)9-28(24)19(17)20(11)33/h3-4,6,12-13,22,27,30-31,33-34H,5,7-10H2,1-2H3,(H2,25,35)/t12-,13+,22+,24-/m1/s1. The molecule has 7 N–H and O–H groups in total. The number of benzene rings is 1. The number of carbonyl (C=O) groups excluding carboxylic acids is 2. The summed E-state index contributed by atoms with van der Waals surface area (Å²) in [6, 6.07) is 2.46. The normalized spacial score (nSPS) is 24.1. The van der Waals surface area contributed by atoms with Crippen LogP contribution in [0.25, 0.3) is 0 Å². The van der Waals surface area contributed by atoms with Crippen molar-refractivity contribution in [2.24, 2.45) is 10.7 Å². The lowest BCUT2D eigenvalue weighted by atomic mass is 9.88. The lowest BCUT2D eigenvalue weighted by Gasteiger charge is -2.38. The number of aromatic hydroxyl groups is 4. The molecule has 1 aromatic heterocycles. The molecule has 0 unspecified atom stereocenters. The number of hydrogen-bond acceptors (Lipinski definition) is 14. The molecule has 0 aliphatic carbocycles. The Morgan fingerprint density at radius 1 is 1.23 bits per heavy atom. The van der Waals surface area contributed by atoms with Gasteiger partial charge >= 0.3 is 12.1 Å². The topological polar surface area (TPSA) is 211 Å². The number of fused-ring (bicyclic) bond motifs is 5. The molecule has 216 valence electrons. The van der Waals surface area contributed by atoms with Gasteiger partial charge in [-0.3, -0.25) is 4.99 Å². The highest BCUT2D eigenvalue weighted by atomic mass is 33.1. The van der Waals surface area contributed by atoms with Crippen molar-refractivity contribution in [1.29, 1.82) is 0 Å². The van der Waals surface area contributed by atoms with Crippen LogP contribution in [0.2, 0.25) is 0 Å². The summed E-state index contributed by atoms with van der Waals surface area (Å²) in [6.07, 6.45) is 0.658. The van der Waals surface area contributed by atoms with Gasteiger partial charge in [-0.05, 0) is 6.92 Å². The maximum Gasteiger partial charge on any atom is 0.404 e. The van der Waals surface area contributed by atoms with Gasteiger partial charge in [0.25, 0.3) is 0 Å². The van der Waals surface area contributed by atoms with Gasteiger partial charge in [-0.1, -0.05) is 21.6 Å². The molecule has 16 heteroatoms. The lowest BCUT2D eigenvalue weighted by molar-refractivity contribution is -0.144. The van der Waals surface area contributed by atoms with E-state index in [0.29, 0.717) is 39.6 Å². The number of nitrogens with two attached hydrogens (primary N) is 1. The van der Waals surface area contributed by atoms with Crippen molar-refractivity contribution in [2.45, 2.75) is 37.1 Å². The third kappa shape index (κ3) is 4.63. The molecule has 3 aliphatic heterocycles. The summed E-state index contributed by atoms with van der Waals surface area (Å²) in [5.74, 6) is -1.40. The second-order valence-electron chi connectivity index (χ2n) is 9.41. The zero-order valence-electron chi connectivity index (χ0n) is 21.6. The summed E-state index contributed by atoms with van der Waals surface area (Å²) >= 11 is 0. The molecule has 14 nitrogen and oxygen atoms in total. The van der Waals surface area contributed by atoms with Crippen molar-refractivity contribution < 1.29 is 44.3 Å². The highest BCUT2D eigenvalue weighted by Crippen LogP contribution is 2.64. The minimum atomic E-state index is -0.974. The monoisotopic (exact) mass is 595 g/mol. The Kier molecular flexibility index (Phi) is 7.60. The van der Waals surface area contributed by atoms with E-state index in [1.807, 2.05) is 4.90 Å². The van der Waals surface area contributed by atoms with Crippen molar-refractivity contribution in [3.05, 3.63) is 23.3 Å². The van der Waals surface area contributed by atoms with E-state index in [1.54, 1.807) is 20.2 Å². The average Bonchev–Trinajstić information content (AvgIpc) is 3.41. The molecule has 2 aromatic rings. The van der Waals surface area contributed by atoms with Crippen LogP contribution in [0, 0.1) is 6.92 Å². The number of aromatic nitrogens is 1. The van der Waals surface area contributed by atoms with E-state index >= 15 is 0 Å². The number of rotatable bonds is 11.